The number of rotatable bonds is 1. The van der Waals surface area contributed by atoms with Crippen molar-refractivity contribution in [3.8, 4) is 0 Å². The Morgan fingerprint density at radius 3 is 2.29 bits per heavy atom. The summed E-state index contributed by atoms with van der Waals surface area (Å²) in [5.74, 6) is -0.218. The van der Waals surface area contributed by atoms with Gasteiger partial charge in [-0.3, -0.25) is 0 Å². The topological polar surface area (TPSA) is 36.4 Å². The largest absolute Gasteiger partial charge is 0.418 e. The van der Waals surface area contributed by atoms with Crippen LogP contribution in [0, 0.1) is 0 Å². The Hall–Kier alpha value is -1.22. The van der Waals surface area contributed by atoms with Crippen LogP contribution >= 0.6 is 11.6 Å². The minimum absolute atomic E-state index is 0.214. The highest BCUT2D eigenvalue weighted by Gasteiger charge is 2.57. The van der Waals surface area contributed by atoms with Gasteiger partial charge in [0.15, 0.2) is 5.60 Å². The molecule has 0 bridgehead atoms. The van der Waals surface area contributed by atoms with Crippen molar-refractivity contribution in [2.75, 3.05) is 18.0 Å². The number of anilines is 1. The van der Waals surface area contributed by atoms with Crippen molar-refractivity contribution in [1.82, 2.24) is 4.98 Å². The van der Waals surface area contributed by atoms with Gasteiger partial charge in [0.25, 0.3) is 0 Å². The Bertz CT molecular complexity index is 546. The minimum atomic E-state index is -4.83. The number of hydrogen-bond acceptors (Lipinski definition) is 3. The van der Waals surface area contributed by atoms with E-state index >= 15 is 0 Å². The number of nitrogens with zero attached hydrogens (tertiary/aromatic N) is 2. The summed E-state index contributed by atoms with van der Waals surface area (Å²) in [5.41, 5.74) is -4.01. The average Bonchev–Trinajstić information content (AvgIpc) is 2.71. The lowest BCUT2D eigenvalue weighted by Gasteiger charge is -2.26. The zero-order valence-corrected chi connectivity index (χ0v) is 11.0. The molecule has 1 saturated heterocycles. The zero-order valence-electron chi connectivity index (χ0n) is 10.3. The first kappa shape index (κ1) is 16.2. The van der Waals surface area contributed by atoms with E-state index in [0.29, 0.717) is 12.3 Å². The number of hydrogen-bond donors (Lipinski definition) is 1. The number of halogens is 7. The summed E-state index contributed by atoms with van der Waals surface area (Å²) in [7, 11) is 0. The summed E-state index contributed by atoms with van der Waals surface area (Å²) in [4.78, 5) is 4.48. The van der Waals surface area contributed by atoms with Crippen molar-refractivity contribution < 1.29 is 31.4 Å². The molecule has 0 aliphatic carbocycles. The molecule has 118 valence electrons. The van der Waals surface area contributed by atoms with Gasteiger partial charge in [-0.05, 0) is 6.07 Å². The maximum absolute atomic E-state index is 12.7. The van der Waals surface area contributed by atoms with Gasteiger partial charge >= 0.3 is 12.4 Å². The quantitative estimate of drug-likeness (QED) is 0.801. The Morgan fingerprint density at radius 2 is 1.86 bits per heavy atom. The molecule has 2 rings (SSSR count). The van der Waals surface area contributed by atoms with Crippen molar-refractivity contribution in [1.29, 1.82) is 0 Å². The molecule has 1 atom stereocenters. The van der Waals surface area contributed by atoms with Crippen LogP contribution < -0.4 is 4.90 Å². The first-order valence-corrected chi connectivity index (χ1v) is 6.09. The molecule has 0 saturated carbocycles. The lowest BCUT2D eigenvalue weighted by molar-refractivity contribution is -0.250. The number of β-amino-alcohol motifs (C(OH)–C–C–N with tert-alkyl or cyclic N) is 1. The number of aliphatic hydroxyl groups is 1. The van der Waals surface area contributed by atoms with Gasteiger partial charge in [-0.2, -0.15) is 26.3 Å². The van der Waals surface area contributed by atoms with Crippen molar-refractivity contribution >= 4 is 17.4 Å². The van der Waals surface area contributed by atoms with E-state index in [9.17, 15) is 31.4 Å². The molecule has 1 fully saturated rings. The molecule has 0 unspecified atom stereocenters. The fourth-order valence-corrected chi connectivity index (χ4v) is 2.31. The summed E-state index contributed by atoms with van der Waals surface area (Å²) in [5, 5.41) is 9.10. The Morgan fingerprint density at radius 1 is 1.24 bits per heavy atom. The predicted molar refractivity (Wildman–Crippen MR) is 62.1 cm³/mol. The van der Waals surface area contributed by atoms with E-state index in [1.165, 1.54) is 0 Å². The molecule has 10 heteroatoms. The number of aromatic nitrogens is 1. The zero-order chi connectivity index (χ0) is 16.1. The van der Waals surface area contributed by atoms with Crippen LogP contribution in [0.2, 0.25) is 5.02 Å². The highest BCUT2D eigenvalue weighted by molar-refractivity contribution is 6.33. The average molecular weight is 335 g/mol. The van der Waals surface area contributed by atoms with Crippen LogP contribution in [-0.2, 0) is 6.18 Å². The third-order valence-electron chi connectivity index (χ3n) is 3.22. The maximum atomic E-state index is 12.7. The summed E-state index contributed by atoms with van der Waals surface area (Å²) in [6.45, 7) is -1.04. The van der Waals surface area contributed by atoms with Crippen LogP contribution in [0.15, 0.2) is 12.3 Å². The molecule has 0 aromatic carbocycles. The molecule has 0 radical (unpaired) electrons. The first-order chi connectivity index (χ1) is 9.44. The van der Waals surface area contributed by atoms with E-state index in [1.807, 2.05) is 0 Å². The van der Waals surface area contributed by atoms with E-state index in [4.69, 9.17) is 11.6 Å². The van der Waals surface area contributed by atoms with Crippen molar-refractivity contribution in [3.05, 3.63) is 22.8 Å². The molecule has 1 aromatic rings. The first-order valence-electron chi connectivity index (χ1n) is 5.71. The lowest BCUT2D eigenvalue weighted by Crippen LogP contribution is -2.47. The lowest BCUT2D eigenvalue weighted by atomic mass is 10.0. The minimum Gasteiger partial charge on any atom is -0.379 e. The van der Waals surface area contributed by atoms with E-state index in [1.54, 1.807) is 0 Å². The normalized spacial score (nSPS) is 23.7. The van der Waals surface area contributed by atoms with Gasteiger partial charge in [0.05, 0.1) is 17.1 Å². The van der Waals surface area contributed by atoms with Gasteiger partial charge in [-0.1, -0.05) is 11.6 Å². The van der Waals surface area contributed by atoms with E-state index in [-0.39, 0.29) is 12.4 Å². The molecule has 21 heavy (non-hydrogen) atoms. The SMILES string of the molecule is O[C@]1(C(F)(F)F)CCN(c2ncc(C(F)(F)F)cc2Cl)C1. The molecule has 1 aromatic heterocycles. The van der Waals surface area contributed by atoms with Crippen molar-refractivity contribution in [3.63, 3.8) is 0 Å². The maximum Gasteiger partial charge on any atom is 0.418 e. The Balaban J connectivity index is 2.26. The molecule has 1 N–H and O–H groups in total. The predicted octanol–water partition coefficient (Wildman–Crippen LogP) is 3.26. The molecule has 0 amide bonds. The van der Waals surface area contributed by atoms with Crippen molar-refractivity contribution in [2.24, 2.45) is 0 Å². The molecule has 2 heterocycles. The Labute approximate surface area is 120 Å². The van der Waals surface area contributed by atoms with Gasteiger partial charge in [0.1, 0.15) is 5.82 Å². The molecule has 1 aliphatic heterocycles. The van der Waals surface area contributed by atoms with Gasteiger partial charge in [-0.25, -0.2) is 4.98 Å². The molecular weight excluding hydrogens is 326 g/mol. The fraction of sp³-hybridized carbons (Fsp3) is 0.545. The second kappa shape index (κ2) is 4.91. The summed E-state index contributed by atoms with van der Waals surface area (Å²) >= 11 is 5.66. The standard InChI is InChI=1S/C11H9ClF6N2O/c12-7-3-6(10(13,14)15)4-19-8(7)20-2-1-9(21,5-20)11(16,17)18/h3-4,21H,1-2,5H2/t9-/m1/s1. The van der Waals surface area contributed by atoms with Gasteiger partial charge in [0, 0.05) is 19.2 Å². The summed E-state index contributed by atoms with van der Waals surface area (Å²) in [6, 6.07) is 0.592. The van der Waals surface area contributed by atoms with Crippen LogP contribution in [0.4, 0.5) is 32.2 Å². The highest BCUT2D eigenvalue weighted by atomic mass is 35.5. The number of alkyl halides is 6. The summed E-state index contributed by atoms with van der Waals surface area (Å²) < 4.78 is 75.4. The summed E-state index contributed by atoms with van der Waals surface area (Å²) in [6.07, 6.45) is -9.59. The second-order valence-corrected chi connectivity index (χ2v) is 5.14. The second-order valence-electron chi connectivity index (χ2n) is 4.73. The van der Waals surface area contributed by atoms with Crippen LogP contribution in [0.1, 0.15) is 12.0 Å². The van der Waals surface area contributed by atoms with Gasteiger partial charge in [0.2, 0.25) is 0 Å². The molecule has 0 spiro atoms. The molecule has 3 nitrogen and oxygen atoms in total. The fourth-order valence-electron chi connectivity index (χ4n) is 2.02. The third kappa shape index (κ3) is 3.03. The highest BCUT2D eigenvalue weighted by Crippen LogP contribution is 2.41. The number of pyridine rings is 1. The van der Waals surface area contributed by atoms with Crippen LogP contribution in [0.3, 0.4) is 0 Å². The monoisotopic (exact) mass is 334 g/mol. The van der Waals surface area contributed by atoms with Crippen LogP contribution in [0.25, 0.3) is 0 Å². The third-order valence-corrected chi connectivity index (χ3v) is 3.50. The van der Waals surface area contributed by atoms with Crippen LogP contribution in [-0.4, -0.2) is 35.0 Å². The molecular formula is C11H9ClF6N2O. The molecule has 1 aliphatic rings. The van der Waals surface area contributed by atoms with Gasteiger partial charge < -0.3 is 10.0 Å². The Kier molecular flexibility index (Phi) is 3.78. The van der Waals surface area contributed by atoms with E-state index in [0.717, 1.165) is 4.90 Å². The van der Waals surface area contributed by atoms with Gasteiger partial charge in [-0.15, -0.1) is 0 Å². The van der Waals surface area contributed by atoms with Crippen LogP contribution in [0.5, 0.6) is 0 Å². The van der Waals surface area contributed by atoms with E-state index in [2.05, 4.69) is 4.98 Å². The van der Waals surface area contributed by atoms with E-state index < -0.39 is 41.5 Å². The van der Waals surface area contributed by atoms with Crippen molar-refractivity contribution in [2.45, 2.75) is 24.4 Å². The smallest absolute Gasteiger partial charge is 0.379 e.